The summed E-state index contributed by atoms with van der Waals surface area (Å²) in [6.07, 6.45) is -4.76. The van der Waals surface area contributed by atoms with E-state index in [1.54, 1.807) is 23.7 Å². The van der Waals surface area contributed by atoms with E-state index in [1.165, 1.54) is 4.88 Å². The fourth-order valence-corrected chi connectivity index (χ4v) is 3.99. The number of aliphatic carboxylic acids is 2. The van der Waals surface area contributed by atoms with E-state index in [0.717, 1.165) is 42.6 Å². The van der Waals surface area contributed by atoms with Gasteiger partial charge in [0.1, 0.15) is 18.2 Å². The minimum absolute atomic E-state index is 0.280. The molecule has 0 bridgehead atoms. The molecule has 1 atom stereocenters. The van der Waals surface area contributed by atoms with Crippen molar-refractivity contribution in [2.24, 2.45) is 0 Å². The van der Waals surface area contributed by atoms with Crippen molar-refractivity contribution in [1.29, 1.82) is 0 Å². The van der Waals surface area contributed by atoms with Crippen LogP contribution in [0.25, 0.3) is 0 Å². The third kappa shape index (κ3) is 9.51. The molecule has 3 aromatic rings. The SMILES string of the molecule is Cc1ncsc1CN1CCn2c(COc3cccnc3)cnc2C1C.O=C(O)C(F)(F)F.O=C(O)C(F)(F)F. The van der Waals surface area contributed by atoms with Crippen LogP contribution in [-0.4, -0.2) is 65.5 Å². The number of hydrogen-bond donors (Lipinski definition) is 2. The molecule has 0 aromatic carbocycles. The summed E-state index contributed by atoms with van der Waals surface area (Å²) in [5.41, 5.74) is 4.17. The summed E-state index contributed by atoms with van der Waals surface area (Å²) in [6.45, 7) is 7.69. The number of aryl methyl sites for hydroxylation is 1. The molecule has 2 N–H and O–H groups in total. The Morgan fingerprint density at radius 3 is 2.18 bits per heavy atom. The summed E-state index contributed by atoms with van der Waals surface area (Å²) >= 11 is 1.73. The molecule has 0 radical (unpaired) electrons. The Morgan fingerprint density at radius 1 is 1.08 bits per heavy atom. The molecule has 0 saturated heterocycles. The van der Waals surface area contributed by atoms with Gasteiger partial charge in [-0.3, -0.25) is 9.88 Å². The lowest BCUT2D eigenvalue weighted by Crippen LogP contribution is -2.37. The smallest absolute Gasteiger partial charge is 0.486 e. The van der Waals surface area contributed by atoms with Crippen LogP contribution in [-0.2, 0) is 29.3 Å². The standard InChI is InChI=1S/C18H21N5OS.2C2HF3O2/c1-13-17(25-12-21-13)10-22-6-7-23-15(8-20-18(23)14(22)2)11-24-16-4-3-5-19-9-16;2*3-2(4,5)1(6)7/h3-5,8-9,12,14H,6-7,10-11H2,1-2H3;2*(H,6,7). The topological polar surface area (TPSA) is 131 Å². The minimum Gasteiger partial charge on any atom is -0.486 e. The lowest BCUT2D eigenvalue weighted by atomic mass is 10.2. The molecule has 1 aliphatic rings. The zero-order chi connectivity index (χ0) is 29.4. The molecule has 4 heterocycles. The second-order valence-corrected chi connectivity index (χ2v) is 8.79. The molecule has 10 nitrogen and oxygen atoms in total. The maximum atomic E-state index is 10.6. The van der Waals surface area contributed by atoms with E-state index in [1.807, 2.05) is 23.8 Å². The Labute approximate surface area is 221 Å². The first-order valence-electron chi connectivity index (χ1n) is 10.9. The molecular weight excluding hydrogens is 560 g/mol. The third-order valence-corrected chi connectivity index (χ3v) is 6.12. The van der Waals surface area contributed by atoms with Gasteiger partial charge in [-0.1, -0.05) is 0 Å². The number of carbonyl (C=O) groups is 2. The molecule has 1 unspecified atom stereocenters. The number of carboxylic acids is 2. The van der Waals surface area contributed by atoms with Crippen LogP contribution >= 0.6 is 11.3 Å². The summed E-state index contributed by atoms with van der Waals surface area (Å²) in [5, 5.41) is 14.2. The van der Waals surface area contributed by atoms with Crippen molar-refractivity contribution < 1.29 is 50.9 Å². The van der Waals surface area contributed by atoms with Crippen LogP contribution in [0.2, 0.25) is 0 Å². The molecule has 0 saturated carbocycles. The molecule has 3 aromatic heterocycles. The highest BCUT2D eigenvalue weighted by atomic mass is 32.1. The van der Waals surface area contributed by atoms with Gasteiger partial charge in [0, 0.05) is 30.7 Å². The van der Waals surface area contributed by atoms with E-state index in [2.05, 4.69) is 38.3 Å². The number of thiazole rings is 1. The van der Waals surface area contributed by atoms with Crippen LogP contribution in [0.4, 0.5) is 26.3 Å². The van der Waals surface area contributed by atoms with E-state index >= 15 is 0 Å². The highest BCUT2D eigenvalue weighted by molar-refractivity contribution is 7.09. The van der Waals surface area contributed by atoms with Crippen molar-refractivity contribution in [1.82, 2.24) is 24.4 Å². The van der Waals surface area contributed by atoms with Gasteiger partial charge in [0.15, 0.2) is 0 Å². The van der Waals surface area contributed by atoms with Gasteiger partial charge in [0.2, 0.25) is 0 Å². The van der Waals surface area contributed by atoms with Crippen LogP contribution in [0.1, 0.15) is 35.1 Å². The van der Waals surface area contributed by atoms with Gasteiger partial charge in [0.25, 0.3) is 0 Å². The molecule has 17 heteroatoms. The van der Waals surface area contributed by atoms with E-state index < -0.39 is 24.3 Å². The fourth-order valence-electron chi connectivity index (χ4n) is 3.19. The van der Waals surface area contributed by atoms with Crippen LogP contribution < -0.4 is 4.74 Å². The molecule has 1 aliphatic heterocycles. The number of aromatic nitrogens is 4. The van der Waals surface area contributed by atoms with E-state index in [-0.39, 0.29) is 6.04 Å². The van der Waals surface area contributed by atoms with E-state index in [9.17, 15) is 26.3 Å². The Balaban J connectivity index is 0.000000317. The number of fused-ring (bicyclic) bond motifs is 1. The van der Waals surface area contributed by atoms with Gasteiger partial charge < -0.3 is 19.5 Å². The van der Waals surface area contributed by atoms with Crippen molar-refractivity contribution >= 4 is 23.3 Å². The van der Waals surface area contributed by atoms with Gasteiger partial charge in [-0.15, -0.1) is 11.3 Å². The molecule has 0 fully saturated rings. The number of alkyl halides is 6. The predicted molar refractivity (Wildman–Crippen MR) is 124 cm³/mol. The van der Waals surface area contributed by atoms with E-state index in [4.69, 9.17) is 24.5 Å². The highest BCUT2D eigenvalue weighted by Crippen LogP contribution is 2.28. The number of nitrogens with zero attached hydrogens (tertiary/aromatic N) is 5. The number of ether oxygens (including phenoxy) is 1. The van der Waals surface area contributed by atoms with Crippen LogP contribution in [0.3, 0.4) is 0 Å². The van der Waals surface area contributed by atoms with Gasteiger partial charge in [-0.2, -0.15) is 26.3 Å². The molecule has 0 spiro atoms. The average Bonchev–Trinajstić information content (AvgIpc) is 3.46. The van der Waals surface area contributed by atoms with Gasteiger partial charge in [-0.05, 0) is 26.0 Å². The van der Waals surface area contributed by atoms with Crippen molar-refractivity contribution in [2.45, 2.75) is 51.9 Å². The van der Waals surface area contributed by atoms with Crippen molar-refractivity contribution in [2.75, 3.05) is 6.54 Å². The maximum Gasteiger partial charge on any atom is 0.490 e. The Hall–Kier alpha value is -3.73. The van der Waals surface area contributed by atoms with E-state index in [0.29, 0.717) is 6.61 Å². The Morgan fingerprint density at radius 2 is 1.69 bits per heavy atom. The number of imidazole rings is 1. The first-order chi connectivity index (χ1) is 18.1. The number of carboxylic acid groups (broad SMARTS) is 2. The third-order valence-electron chi connectivity index (χ3n) is 5.20. The summed E-state index contributed by atoms with van der Waals surface area (Å²) in [5.74, 6) is -3.62. The summed E-state index contributed by atoms with van der Waals surface area (Å²) in [4.78, 5) is 34.7. The maximum absolute atomic E-state index is 10.6. The fraction of sp³-hybridized carbons (Fsp3) is 0.409. The highest BCUT2D eigenvalue weighted by Gasteiger charge is 2.38. The second kappa shape index (κ2) is 13.4. The van der Waals surface area contributed by atoms with Crippen molar-refractivity contribution in [3.63, 3.8) is 0 Å². The summed E-state index contributed by atoms with van der Waals surface area (Å²) in [7, 11) is 0. The van der Waals surface area contributed by atoms with Gasteiger partial charge in [0.05, 0.1) is 35.3 Å². The van der Waals surface area contributed by atoms with Crippen LogP contribution in [0, 0.1) is 6.92 Å². The molecule has 4 rings (SSSR count). The monoisotopic (exact) mass is 583 g/mol. The van der Waals surface area contributed by atoms with Crippen molar-refractivity contribution in [3.8, 4) is 5.75 Å². The molecular formula is C22H23F6N5O5S. The molecule has 39 heavy (non-hydrogen) atoms. The molecule has 0 amide bonds. The zero-order valence-corrected chi connectivity index (χ0v) is 21.2. The van der Waals surface area contributed by atoms with Gasteiger partial charge >= 0.3 is 24.3 Å². The van der Waals surface area contributed by atoms with Crippen LogP contribution in [0.15, 0.2) is 36.2 Å². The normalized spacial score (nSPS) is 15.2. The summed E-state index contributed by atoms with van der Waals surface area (Å²) in [6, 6.07) is 4.08. The van der Waals surface area contributed by atoms with Crippen molar-refractivity contribution in [3.05, 3.63) is 58.3 Å². The number of halogens is 6. The lowest BCUT2D eigenvalue weighted by molar-refractivity contribution is -0.193. The average molecular weight is 584 g/mol. The zero-order valence-electron chi connectivity index (χ0n) is 20.4. The summed E-state index contributed by atoms with van der Waals surface area (Å²) < 4.78 is 71.6. The first kappa shape index (κ1) is 31.5. The quantitative estimate of drug-likeness (QED) is 0.418. The largest absolute Gasteiger partial charge is 0.490 e. The van der Waals surface area contributed by atoms with Crippen LogP contribution in [0.5, 0.6) is 5.75 Å². The molecule has 0 aliphatic carbocycles. The first-order valence-corrected chi connectivity index (χ1v) is 11.8. The minimum atomic E-state index is -5.08. The Bertz CT molecular complexity index is 1210. The molecule has 214 valence electrons. The Kier molecular flexibility index (Phi) is 10.8. The number of pyridine rings is 1. The second-order valence-electron chi connectivity index (χ2n) is 7.85. The van der Waals surface area contributed by atoms with Gasteiger partial charge in [-0.25, -0.2) is 19.6 Å². The number of rotatable bonds is 5. The number of hydrogen-bond acceptors (Lipinski definition) is 8. The lowest BCUT2D eigenvalue weighted by Gasteiger charge is -2.34. The predicted octanol–water partition coefficient (Wildman–Crippen LogP) is 4.47.